The van der Waals surface area contributed by atoms with Gasteiger partial charge in [-0.3, -0.25) is 4.90 Å². The predicted octanol–water partition coefficient (Wildman–Crippen LogP) is 2.90. The third-order valence-electron chi connectivity index (χ3n) is 4.61. The molecule has 1 saturated heterocycles. The summed E-state index contributed by atoms with van der Waals surface area (Å²) in [5.74, 6) is 2.86. The molecule has 0 aliphatic carbocycles. The number of thiophene rings is 1. The number of halogens is 2. The molecule has 23 heavy (non-hydrogen) atoms. The average molecular weight is 374 g/mol. The lowest BCUT2D eigenvalue weighted by Crippen LogP contribution is -2.34. The maximum Gasteiger partial charge on any atom is 0.147 e. The van der Waals surface area contributed by atoms with Gasteiger partial charge in [-0.2, -0.15) is 0 Å². The molecule has 4 heterocycles. The van der Waals surface area contributed by atoms with Crippen LogP contribution in [0, 0.1) is 0 Å². The Labute approximate surface area is 151 Å². The van der Waals surface area contributed by atoms with Gasteiger partial charge in [0.15, 0.2) is 0 Å². The molecule has 2 aliphatic heterocycles. The number of rotatable bonds is 3. The van der Waals surface area contributed by atoms with Gasteiger partial charge >= 0.3 is 0 Å². The van der Waals surface area contributed by atoms with Crippen LogP contribution in [0.5, 0.6) is 0 Å². The molecule has 2 aliphatic rings. The van der Waals surface area contributed by atoms with Crippen molar-refractivity contribution >= 4 is 35.3 Å². The van der Waals surface area contributed by atoms with E-state index in [-0.39, 0.29) is 12.4 Å². The van der Waals surface area contributed by atoms with Crippen molar-refractivity contribution in [3.05, 3.63) is 33.0 Å². The first-order valence-corrected chi connectivity index (χ1v) is 9.13. The number of piperidine rings is 1. The van der Waals surface area contributed by atoms with Crippen LogP contribution in [0.1, 0.15) is 35.3 Å². The fourth-order valence-corrected chi connectivity index (χ4v) is 4.54. The largest absolute Gasteiger partial charge is 0.312 e. The molecule has 0 unspecified atom stereocenters. The summed E-state index contributed by atoms with van der Waals surface area (Å²) < 4.78 is 2.33. The Morgan fingerprint density at radius 3 is 2.83 bits per heavy atom. The quantitative estimate of drug-likeness (QED) is 0.898. The second-order valence-electron chi connectivity index (χ2n) is 6.08. The molecule has 0 spiro atoms. The van der Waals surface area contributed by atoms with E-state index in [9.17, 15) is 0 Å². The average Bonchev–Trinajstić information content (AvgIpc) is 3.14. The highest BCUT2D eigenvalue weighted by Gasteiger charge is 2.27. The van der Waals surface area contributed by atoms with Crippen LogP contribution in [0.2, 0.25) is 5.02 Å². The van der Waals surface area contributed by atoms with Crippen LogP contribution < -0.4 is 5.32 Å². The van der Waals surface area contributed by atoms with E-state index in [1.165, 1.54) is 23.5 Å². The van der Waals surface area contributed by atoms with Crippen LogP contribution in [-0.4, -0.2) is 39.3 Å². The van der Waals surface area contributed by atoms with Crippen molar-refractivity contribution in [3.63, 3.8) is 0 Å². The number of hydrogen-bond donors (Lipinski definition) is 1. The third-order valence-corrected chi connectivity index (χ3v) is 5.87. The lowest BCUT2D eigenvalue weighted by molar-refractivity contribution is 0.201. The van der Waals surface area contributed by atoms with E-state index in [4.69, 9.17) is 11.6 Å². The molecule has 0 bridgehead atoms. The summed E-state index contributed by atoms with van der Waals surface area (Å²) in [5, 5.41) is 15.0. The SMILES string of the molecule is Cl.Clc1csc(CN2CCC(c3nnc4n3CCNC4)CC2)c1. The highest BCUT2D eigenvalue weighted by molar-refractivity contribution is 7.10. The van der Waals surface area contributed by atoms with Gasteiger partial charge in [0.05, 0.1) is 11.6 Å². The van der Waals surface area contributed by atoms with Crippen LogP contribution in [0.4, 0.5) is 0 Å². The number of fused-ring (bicyclic) bond motifs is 1. The summed E-state index contributed by atoms with van der Waals surface area (Å²) in [4.78, 5) is 3.88. The number of nitrogens with zero attached hydrogens (tertiary/aromatic N) is 4. The second-order valence-corrected chi connectivity index (χ2v) is 7.52. The highest BCUT2D eigenvalue weighted by Crippen LogP contribution is 2.29. The zero-order chi connectivity index (χ0) is 14.9. The smallest absolute Gasteiger partial charge is 0.147 e. The molecule has 2 aromatic rings. The fraction of sp³-hybridized carbons (Fsp3) is 0.600. The molecule has 8 heteroatoms. The van der Waals surface area contributed by atoms with Gasteiger partial charge < -0.3 is 9.88 Å². The van der Waals surface area contributed by atoms with Gasteiger partial charge in [0.1, 0.15) is 11.6 Å². The Bertz CT molecular complexity index is 648. The van der Waals surface area contributed by atoms with Gasteiger partial charge in [0, 0.05) is 35.8 Å². The molecule has 0 radical (unpaired) electrons. The second kappa shape index (κ2) is 7.49. The molecule has 2 aromatic heterocycles. The van der Waals surface area contributed by atoms with E-state index >= 15 is 0 Å². The van der Waals surface area contributed by atoms with Crippen LogP contribution in [0.25, 0.3) is 0 Å². The van der Waals surface area contributed by atoms with E-state index in [1.807, 2.05) is 5.38 Å². The van der Waals surface area contributed by atoms with Crippen molar-refractivity contribution in [1.29, 1.82) is 0 Å². The summed E-state index contributed by atoms with van der Waals surface area (Å²) in [6, 6.07) is 2.08. The molecule has 4 rings (SSSR count). The Hall–Kier alpha value is -0.660. The van der Waals surface area contributed by atoms with Gasteiger partial charge in [-0.05, 0) is 32.0 Å². The molecular weight excluding hydrogens is 353 g/mol. The predicted molar refractivity (Wildman–Crippen MR) is 95.6 cm³/mol. The van der Waals surface area contributed by atoms with Crippen molar-refractivity contribution < 1.29 is 0 Å². The molecular formula is C15H21Cl2N5S. The first-order chi connectivity index (χ1) is 10.8. The van der Waals surface area contributed by atoms with Crippen LogP contribution in [0.15, 0.2) is 11.4 Å². The van der Waals surface area contributed by atoms with Gasteiger partial charge in [-0.15, -0.1) is 33.9 Å². The molecule has 0 saturated carbocycles. The summed E-state index contributed by atoms with van der Waals surface area (Å²) >= 11 is 7.76. The maximum absolute atomic E-state index is 6.01. The maximum atomic E-state index is 6.01. The summed E-state index contributed by atoms with van der Waals surface area (Å²) in [7, 11) is 0. The zero-order valence-corrected chi connectivity index (χ0v) is 15.3. The van der Waals surface area contributed by atoms with E-state index in [0.29, 0.717) is 5.92 Å². The molecule has 0 atom stereocenters. The molecule has 1 N–H and O–H groups in total. The van der Waals surface area contributed by atoms with Gasteiger partial charge in [0.2, 0.25) is 0 Å². The number of likely N-dealkylation sites (tertiary alicyclic amines) is 1. The first-order valence-electron chi connectivity index (χ1n) is 7.87. The third kappa shape index (κ3) is 3.72. The van der Waals surface area contributed by atoms with Crippen LogP contribution >= 0.6 is 35.3 Å². The highest BCUT2D eigenvalue weighted by atomic mass is 35.5. The minimum absolute atomic E-state index is 0. The molecule has 1 fully saturated rings. The Morgan fingerprint density at radius 1 is 1.26 bits per heavy atom. The number of nitrogens with one attached hydrogen (secondary N) is 1. The standard InChI is InChI=1S/C15H20ClN5S.ClH/c16-12-7-13(22-10-12)9-20-4-1-11(2-5-20)15-19-18-14-8-17-3-6-21(14)15;/h7,10-11,17H,1-6,8-9H2;1H. The summed E-state index contributed by atoms with van der Waals surface area (Å²) in [6.07, 6.45) is 2.34. The summed E-state index contributed by atoms with van der Waals surface area (Å²) in [5.41, 5.74) is 0. The Morgan fingerprint density at radius 2 is 2.09 bits per heavy atom. The monoisotopic (exact) mass is 373 g/mol. The van der Waals surface area contributed by atoms with Gasteiger partial charge in [0.25, 0.3) is 0 Å². The first kappa shape index (κ1) is 17.2. The summed E-state index contributed by atoms with van der Waals surface area (Å²) in [6.45, 7) is 6.15. The van der Waals surface area contributed by atoms with E-state index in [0.717, 1.165) is 50.1 Å². The minimum Gasteiger partial charge on any atom is -0.312 e. The van der Waals surface area contributed by atoms with Crippen molar-refractivity contribution in [3.8, 4) is 0 Å². The van der Waals surface area contributed by atoms with Crippen molar-refractivity contribution in [2.45, 2.75) is 38.4 Å². The van der Waals surface area contributed by atoms with E-state index in [1.54, 1.807) is 11.3 Å². The lowest BCUT2D eigenvalue weighted by atomic mass is 9.95. The minimum atomic E-state index is 0. The number of aromatic nitrogens is 3. The van der Waals surface area contributed by atoms with E-state index < -0.39 is 0 Å². The van der Waals surface area contributed by atoms with Gasteiger partial charge in [-0.1, -0.05) is 11.6 Å². The lowest BCUT2D eigenvalue weighted by Gasteiger charge is -2.31. The van der Waals surface area contributed by atoms with Crippen molar-refractivity contribution in [1.82, 2.24) is 25.0 Å². The zero-order valence-electron chi connectivity index (χ0n) is 12.9. The topological polar surface area (TPSA) is 46.0 Å². The molecule has 5 nitrogen and oxygen atoms in total. The van der Waals surface area contributed by atoms with Crippen molar-refractivity contribution in [2.75, 3.05) is 19.6 Å². The molecule has 126 valence electrons. The number of hydrogen-bond acceptors (Lipinski definition) is 5. The Kier molecular flexibility index (Phi) is 5.59. The normalized spacial score (nSPS) is 19.3. The fourth-order valence-electron chi connectivity index (χ4n) is 3.42. The molecule has 0 aromatic carbocycles. The Balaban J connectivity index is 0.00000156. The van der Waals surface area contributed by atoms with Gasteiger partial charge in [-0.25, -0.2) is 0 Å². The van der Waals surface area contributed by atoms with Crippen LogP contribution in [-0.2, 0) is 19.6 Å². The molecule has 0 amide bonds. The van der Waals surface area contributed by atoms with Crippen molar-refractivity contribution in [2.24, 2.45) is 0 Å². The van der Waals surface area contributed by atoms with E-state index in [2.05, 4.69) is 31.0 Å². The van der Waals surface area contributed by atoms with Crippen LogP contribution in [0.3, 0.4) is 0 Å².